The minimum absolute atomic E-state index is 0.0348. The molecule has 0 atom stereocenters. The van der Waals surface area contributed by atoms with Crippen molar-refractivity contribution in [3.63, 3.8) is 0 Å². The molecule has 1 amide bonds. The number of rotatable bonds is 4. The highest BCUT2D eigenvalue weighted by Gasteiger charge is 2.21. The zero-order valence-corrected chi connectivity index (χ0v) is 15.3. The van der Waals surface area contributed by atoms with Gasteiger partial charge in [0, 0.05) is 23.3 Å². The zero-order chi connectivity index (χ0) is 19.8. The van der Waals surface area contributed by atoms with Crippen LogP contribution in [0.3, 0.4) is 0 Å². The van der Waals surface area contributed by atoms with E-state index in [2.05, 4.69) is 15.4 Å². The molecule has 0 aliphatic rings. The highest BCUT2D eigenvalue weighted by atomic mass is 35.5. The van der Waals surface area contributed by atoms with Crippen LogP contribution in [-0.2, 0) is 7.05 Å². The minimum Gasteiger partial charge on any atom is -0.478 e. The Bertz CT molecular complexity index is 1210. The maximum Gasteiger partial charge on any atom is 0.339 e. The Balaban J connectivity index is 1.57. The van der Waals surface area contributed by atoms with Crippen molar-refractivity contribution in [1.29, 1.82) is 0 Å². The Kier molecular flexibility index (Phi) is 4.32. The molecule has 2 N–H and O–H groups in total. The van der Waals surface area contributed by atoms with E-state index in [4.69, 9.17) is 16.0 Å². The standard InChI is InChI=1S/C19H13ClN4O4/c1-24-16(13(9-21-24)19(26)27)17(25)22-12-5-2-10(3-6-12)18-23-14-8-11(20)4-7-15(14)28-18/h2-9H,1H3,(H,22,25)(H,26,27). The summed E-state index contributed by atoms with van der Waals surface area (Å²) in [6.45, 7) is 0. The number of oxazole rings is 1. The van der Waals surface area contributed by atoms with Crippen molar-refractivity contribution in [2.24, 2.45) is 7.05 Å². The van der Waals surface area contributed by atoms with E-state index >= 15 is 0 Å². The molecule has 0 bridgehead atoms. The number of amides is 1. The summed E-state index contributed by atoms with van der Waals surface area (Å²) in [4.78, 5) is 28.1. The van der Waals surface area contributed by atoms with Crippen LogP contribution in [0.25, 0.3) is 22.6 Å². The lowest BCUT2D eigenvalue weighted by molar-refractivity contribution is 0.0692. The molecule has 140 valence electrons. The second-order valence-corrected chi connectivity index (χ2v) is 6.43. The summed E-state index contributed by atoms with van der Waals surface area (Å²) in [5.41, 5.74) is 2.28. The molecule has 2 heterocycles. The molecule has 8 nitrogen and oxygen atoms in total. The van der Waals surface area contributed by atoms with E-state index in [1.54, 1.807) is 42.5 Å². The number of aromatic nitrogens is 3. The van der Waals surface area contributed by atoms with E-state index in [1.165, 1.54) is 11.7 Å². The molecule has 0 saturated carbocycles. The van der Waals surface area contributed by atoms with Crippen LogP contribution in [0, 0.1) is 0 Å². The number of fused-ring (bicyclic) bond motifs is 1. The number of aryl methyl sites for hydroxylation is 1. The molecule has 9 heteroatoms. The number of hydrogen-bond donors (Lipinski definition) is 2. The number of carbonyl (C=O) groups excluding carboxylic acids is 1. The van der Waals surface area contributed by atoms with E-state index in [9.17, 15) is 14.7 Å². The highest BCUT2D eigenvalue weighted by Crippen LogP contribution is 2.27. The topological polar surface area (TPSA) is 110 Å². The lowest BCUT2D eigenvalue weighted by atomic mass is 10.2. The molecular formula is C19H13ClN4O4. The number of benzene rings is 2. The average molecular weight is 397 g/mol. The largest absolute Gasteiger partial charge is 0.478 e. The van der Waals surface area contributed by atoms with Crippen LogP contribution in [0.5, 0.6) is 0 Å². The van der Waals surface area contributed by atoms with Gasteiger partial charge in [-0.05, 0) is 42.5 Å². The molecule has 0 saturated heterocycles. The van der Waals surface area contributed by atoms with Gasteiger partial charge in [-0.3, -0.25) is 9.48 Å². The number of carboxylic acid groups (broad SMARTS) is 1. The fraction of sp³-hybridized carbons (Fsp3) is 0.0526. The van der Waals surface area contributed by atoms with Crippen LogP contribution in [0.15, 0.2) is 53.1 Å². The quantitative estimate of drug-likeness (QED) is 0.542. The van der Waals surface area contributed by atoms with Gasteiger partial charge in [0.1, 0.15) is 16.8 Å². The number of aromatic carboxylic acids is 1. The average Bonchev–Trinajstić information content (AvgIpc) is 3.25. The van der Waals surface area contributed by atoms with Crippen LogP contribution >= 0.6 is 11.6 Å². The number of nitrogens with one attached hydrogen (secondary N) is 1. The second-order valence-electron chi connectivity index (χ2n) is 6.00. The van der Waals surface area contributed by atoms with Gasteiger partial charge in [0.15, 0.2) is 5.58 Å². The molecule has 0 fully saturated rings. The molecule has 28 heavy (non-hydrogen) atoms. The number of carbonyl (C=O) groups is 2. The summed E-state index contributed by atoms with van der Waals surface area (Å²) in [5, 5.41) is 16.2. The summed E-state index contributed by atoms with van der Waals surface area (Å²) in [6, 6.07) is 12.0. The van der Waals surface area contributed by atoms with Gasteiger partial charge in [-0.15, -0.1) is 0 Å². The Labute approximate surface area is 163 Å². The van der Waals surface area contributed by atoms with Crippen molar-refractivity contribution < 1.29 is 19.1 Å². The smallest absolute Gasteiger partial charge is 0.339 e. The minimum atomic E-state index is -1.22. The summed E-state index contributed by atoms with van der Waals surface area (Å²) in [7, 11) is 1.50. The van der Waals surface area contributed by atoms with Crippen molar-refractivity contribution in [1.82, 2.24) is 14.8 Å². The van der Waals surface area contributed by atoms with E-state index < -0.39 is 11.9 Å². The third-order valence-electron chi connectivity index (χ3n) is 4.12. The second kappa shape index (κ2) is 6.82. The van der Waals surface area contributed by atoms with Crippen molar-refractivity contribution in [3.8, 4) is 11.5 Å². The van der Waals surface area contributed by atoms with Crippen molar-refractivity contribution in [2.75, 3.05) is 5.32 Å². The summed E-state index contributed by atoms with van der Waals surface area (Å²) < 4.78 is 6.93. The van der Waals surface area contributed by atoms with E-state index in [0.717, 1.165) is 11.8 Å². The first-order valence-electron chi connectivity index (χ1n) is 8.15. The zero-order valence-electron chi connectivity index (χ0n) is 14.5. The van der Waals surface area contributed by atoms with Gasteiger partial charge in [-0.25, -0.2) is 9.78 Å². The maximum atomic E-state index is 12.4. The number of carboxylic acids is 1. The summed E-state index contributed by atoms with van der Waals surface area (Å²) >= 11 is 5.96. The maximum absolute atomic E-state index is 12.4. The predicted molar refractivity (Wildman–Crippen MR) is 103 cm³/mol. The van der Waals surface area contributed by atoms with Crippen molar-refractivity contribution >= 4 is 40.3 Å². The summed E-state index contributed by atoms with van der Waals surface area (Å²) in [5.74, 6) is -1.36. The van der Waals surface area contributed by atoms with Crippen LogP contribution in [-0.4, -0.2) is 31.7 Å². The lowest BCUT2D eigenvalue weighted by Gasteiger charge is -2.07. The first-order chi connectivity index (χ1) is 13.4. The normalized spacial score (nSPS) is 10.9. The first kappa shape index (κ1) is 17.7. The monoisotopic (exact) mass is 396 g/mol. The van der Waals surface area contributed by atoms with Crippen LogP contribution in [0.4, 0.5) is 5.69 Å². The fourth-order valence-electron chi connectivity index (χ4n) is 2.77. The Hall–Kier alpha value is -3.65. The van der Waals surface area contributed by atoms with Gasteiger partial charge in [0.25, 0.3) is 5.91 Å². The van der Waals surface area contributed by atoms with Gasteiger partial charge in [-0.1, -0.05) is 11.6 Å². The number of nitrogens with zero attached hydrogens (tertiary/aromatic N) is 3. The Morgan fingerprint density at radius 1 is 1.18 bits per heavy atom. The molecule has 0 aliphatic heterocycles. The lowest BCUT2D eigenvalue weighted by Crippen LogP contribution is -2.19. The third kappa shape index (κ3) is 3.21. The molecule has 2 aromatic carbocycles. The Morgan fingerprint density at radius 3 is 2.64 bits per heavy atom. The molecule has 0 aliphatic carbocycles. The number of hydrogen-bond acceptors (Lipinski definition) is 5. The molecule has 0 unspecified atom stereocenters. The van der Waals surface area contributed by atoms with Crippen molar-refractivity contribution in [2.45, 2.75) is 0 Å². The molecule has 0 radical (unpaired) electrons. The third-order valence-corrected chi connectivity index (χ3v) is 4.36. The van der Waals surface area contributed by atoms with Gasteiger partial charge in [0.05, 0.1) is 6.20 Å². The highest BCUT2D eigenvalue weighted by molar-refractivity contribution is 6.31. The van der Waals surface area contributed by atoms with Crippen molar-refractivity contribution in [3.05, 3.63) is 64.9 Å². The fourth-order valence-corrected chi connectivity index (χ4v) is 2.94. The SMILES string of the molecule is Cn1ncc(C(=O)O)c1C(=O)Nc1ccc(-c2nc3cc(Cl)ccc3o2)cc1. The van der Waals surface area contributed by atoms with E-state index in [0.29, 0.717) is 27.7 Å². The van der Waals surface area contributed by atoms with E-state index in [-0.39, 0.29) is 11.3 Å². The van der Waals surface area contributed by atoms with Crippen LogP contribution in [0.1, 0.15) is 20.8 Å². The van der Waals surface area contributed by atoms with Gasteiger partial charge >= 0.3 is 5.97 Å². The first-order valence-corrected chi connectivity index (χ1v) is 8.53. The number of halogens is 1. The van der Waals surface area contributed by atoms with Gasteiger partial charge in [0.2, 0.25) is 5.89 Å². The van der Waals surface area contributed by atoms with Gasteiger partial charge < -0.3 is 14.8 Å². The predicted octanol–water partition coefficient (Wildman–Crippen LogP) is 3.83. The Morgan fingerprint density at radius 2 is 1.93 bits per heavy atom. The van der Waals surface area contributed by atoms with E-state index in [1.807, 2.05) is 0 Å². The summed E-state index contributed by atoms with van der Waals surface area (Å²) in [6.07, 6.45) is 1.14. The molecule has 4 aromatic rings. The molecule has 2 aromatic heterocycles. The van der Waals surface area contributed by atoms with Crippen LogP contribution in [0.2, 0.25) is 5.02 Å². The van der Waals surface area contributed by atoms with Crippen LogP contribution < -0.4 is 5.32 Å². The molecule has 0 spiro atoms. The van der Waals surface area contributed by atoms with Gasteiger partial charge in [-0.2, -0.15) is 5.10 Å². The number of anilines is 1. The molecule has 4 rings (SSSR count). The molecular weight excluding hydrogens is 384 g/mol.